The van der Waals surface area contributed by atoms with Crippen LogP contribution in [-0.4, -0.2) is 24.7 Å². The maximum atomic E-state index is 12.1. The van der Waals surface area contributed by atoms with Gasteiger partial charge in [-0.25, -0.2) is 0 Å². The van der Waals surface area contributed by atoms with Crippen LogP contribution in [0, 0.1) is 0 Å². The van der Waals surface area contributed by atoms with Gasteiger partial charge in [0.25, 0.3) is 0 Å². The maximum absolute atomic E-state index is 12.1. The Bertz CT molecular complexity index is 397. The van der Waals surface area contributed by atoms with Crippen LogP contribution in [0.15, 0.2) is 24.3 Å². The van der Waals surface area contributed by atoms with Crippen molar-refractivity contribution in [3.8, 4) is 5.75 Å². The van der Waals surface area contributed by atoms with Crippen LogP contribution in [-0.2, 0) is 20.2 Å². The van der Waals surface area contributed by atoms with Crippen LogP contribution in [0.4, 0.5) is 0 Å². The third kappa shape index (κ3) is 4.78. The van der Waals surface area contributed by atoms with Gasteiger partial charge in [0.1, 0.15) is 5.75 Å². The van der Waals surface area contributed by atoms with Crippen molar-refractivity contribution in [2.24, 2.45) is 0 Å². The van der Waals surface area contributed by atoms with Gasteiger partial charge in [0.05, 0.1) is 19.8 Å². The van der Waals surface area contributed by atoms with Crippen LogP contribution in [0.5, 0.6) is 5.75 Å². The van der Waals surface area contributed by atoms with Gasteiger partial charge in [-0.15, -0.1) is 0 Å². The normalized spacial score (nSPS) is 11.5. The minimum atomic E-state index is -3.19. The molecule has 0 spiro atoms. The van der Waals surface area contributed by atoms with E-state index in [1.807, 2.05) is 0 Å². The number of rotatable bonds is 8. The second kappa shape index (κ2) is 7.54. The van der Waals surface area contributed by atoms with Crippen LogP contribution in [0.3, 0.4) is 0 Å². The number of aliphatic hydroxyl groups is 1. The van der Waals surface area contributed by atoms with Gasteiger partial charge in [0, 0.05) is 0 Å². The lowest BCUT2D eigenvalue weighted by Gasteiger charge is -2.17. The lowest BCUT2D eigenvalue weighted by molar-refractivity contribution is 0.196. The topological polar surface area (TPSA) is 65.0 Å². The molecular formula is C12H19O5P. The van der Waals surface area contributed by atoms with Crippen LogP contribution in [0.25, 0.3) is 0 Å². The van der Waals surface area contributed by atoms with E-state index < -0.39 is 7.60 Å². The summed E-state index contributed by atoms with van der Waals surface area (Å²) in [4.78, 5) is 0. The third-order valence-corrected chi connectivity index (χ3v) is 3.87. The average Bonchev–Trinajstić information content (AvgIpc) is 2.37. The van der Waals surface area contributed by atoms with Crippen molar-refractivity contribution in [2.45, 2.75) is 20.5 Å². The molecule has 6 heteroatoms. The first kappa shape index (κ1) is 15.2. The Morgan fingerprint density at radius 2 is 1.89 bits per heavy atom. The van der Waals surface area contributed by atoms with E-state index in [0.717, 1.165) is 5.56 Å². The van der Waals surface area contributed by atoms with E-state index in [9.17, 15) is 4.57 Å². The Morgan fingerprint density at radius 1 is 1.22 bits per heavy atom. The molecule has 0 heterocycles. The molecule has 5 nitrogen and oxygen atoms in total. The Labute approximate surface area is 107 Å². The largest absolute Gasteiger partial charge is 0.481 e. The summed E-state index contributed by atoms with van der Waals surface area (Å²) in [6.45, 7) is 4.04. The van der Waals surface area contributed by atoms with Crippen molar-refractivity contribution >= 4 is 7.60 Å². The second-order valence-corrected chi connectivity index (χ2v) is 5.52. The van der Waals surface area contributed by atoms with Gasteiger partial charge in [-0.05, 0) is 31.5 Å². The fourth-order valence-corrected chi connectivity index (χ4v) is 2.71. The summed E-state index contributed by atoms with van der Waals surface area (Å²) in [7, 11) is -3.19. The minimum Gasteiger partial charge on any atom is -0.481 e. The van der Waals surface area contributed by atoms with Crippen LogP contribution in [0.1, 0.15) is 19.4 Å². The zero-order valence-electron chi connectivity index (χ0n) is 10.7. The zero-order chi connectivity index (χ0) is 13.4. The van der Waals surface area contributed by atoms with E-state index in [-0.39, 0.29) is 13.0 Å². The first-order valence-electron chi connectivity index (χ1n) is 5.84. The van der Waals surface area contributed by atoms with Crippen molar-refractivity contribution in [2.75, 3.05) is 19.6 Å². The van der Waals surface area contributed by atoms with E-state index in [4.69, 9.17) is 18.9 Å². The predicted molar refractivity (Wildman–Crippen MR) is 68.7 cm³/mol. The first-order valence-corrected chi connectivity index (χ1v) is 7.57. The van der Waals surface area contributed by atoms with E-state index in [0.29, 0.717) is 19.0 Å². The predicted octanol–water partition coefficient (Wildman–Crippen LogP) is 2.78. The van der Waals surface area contributed by atoms with Crippen LogP contribution < -0.4 is 4.74 Å². The van der Waals surface area contributed by atoms with E-state index in [2.05, 4.69) is 0 Å². The Balaban J connectivity index is 2.63. The van der Waals surface area contributed by atoms with Crippen molar-refractivity contribution < 1.29 is 23.5 Å². The molecule has 0 atom stereocenters. The molecule has 0 saturated heterocycles. The molecule has 0 fully saturated rings. The molecule has 18 heavy (non-hydrogen) atoms. The summed E-state index contributed by atoms with van der Waals surface area (Å²) in [5.41, 5.74) is 0.732. The molecule has 1 rings (SSSR count). The van der Waals surface area contributed by atoms with Crippen LogP contribution >= 0.6 is 7.60 Å². The number of aliphatic hydroxyl groups excluding tert-OH is 1. The molecule has 0 aliphatic rings. The first-order chi connectivity index (χ1) is 8.63. The van der Waals surface area contributed by atoms with Crippen molar-refractivity contribution in [1.29, 1.82) is 0 Å². The average molecular weight is 274 g/mol. The van der Waals surface area contributed by atoms with Crippen molar-refractivity contribution in [1.82, 2.24) is 0 Å². The summed E-state index contributed by atoms with van der Waals surface area (Å²) in [5.74, 6) is 0.529. The lowest BCUT2D eigenvalue weighted by Crippen LogP contribution is -2.05. The number of ether oxygens (including phenoxy) is 1. The molecule has 0 unspecified atom stereocenters. The molecule has 0 saturated carbocycles. The molecule has 0 aromatic heterocycles. The molecule has 0 aliphatic carbocycles. The van der Waals surface area contributed by atoms with E-state index in [1.165, 1.54) is 0 Å². The highest BCUT2D eigenvalue weighted by atomic mass is 31.2. The quantitative estimate of drug-likeness (QED) is 0.738. The highest BCUT2D eigenvalue weighted by Crippen LogP contribution is 2.47. The van der Waals surface area contributed by atoms with Crippen molar-refractivity contribution in [3.63, 3.8) is 0 Å². The van der Waals surface area contributed by atoms with Gasteiger partial charge < -0.3 is 18.9 Å². The molecule has 102 valence electrons. The lowest BCUT2D eigenvalue weighted by atomic mass is 10.2. The molecule has 0 amide bonds. The Morgan fingerprint density at radius 3 is 2.44 bits per heavy atom. The van der Waals surface area contributed by atoms with Crippen LogP contribution in [0.2, 0.25) is 0 Å². The highest BCUT2D eigenvalue weighted by Gasteiger charge is 2.24. The van der Waals surface area contributed by atoms with Gasteiger partial charge in [-0.2, -0.15) is 0 Å². The Hall–Kier alpha value is -0.870. The molecule has 0 aliphatic heterocycles. The number of benzene rings is 1. The Kier molecular flexibility index (Phi) is 6.36. The highest BCUT2D eigenvalue weighted by molar-refractivity contribution is 7.53. The smallest absolute Gasteiger partial charge is 0.367 e. The SMILES string of the molecule is CCOP(=O)(COc1cccc(CO)c1)OCC. The standard InChI is InChI=1S/C12H19O5P/c1-3-16-18(14,17-4-2)10-15-12-7-5-6-11(8-12)9-13/h5-8,13H,3-4,9-10H2,1-2H3. The fourth-order valence-electron chi connectivity index (χ4n) is 1.39. The summed E-state index contributed by atoms with van der Waals surface area (Å²) < 4.78 is 27.7. The number of hydrogen-bond donors (Lipinski definition) is 1. The zero-order valence-corrected chi connectivity index (χ0v) is 11.6. The third-order valence-electron chi connectivity index (χ3n) is 2.12. The van der Waals surface area contributed by atoms with Gasteiger partial charge in [0.2, 0.25) is 0 Å². The summed E-state index contributed by atoms with van der Waals surface area (Å²) in [6, 6.07) is 6.94. The summed E-state index contributed by atoms with van der Waals surface area (Å²) >= 11 is 0. The maximum Gasteiger partial charge on any atom is 0.367 e. The van der Waals surface area contributed by atoms with E-state index in [1.54, 1.807) is 38.1 Å². The summed E-state index contributed by atoms with van der Waals surface area (Å²) in [6.07, 6.45) is -0.135. The molecule has 1 N–H and O–H groups in total. The molecular weight excluding hydrogens is 255 g/mol. The summed E-state index contributed by atoms with van der Waals surface area (Å²) in [5, 5.41) is 9.00. The van der Waals surface area contributed by atoms with Gasteiger partial charge in [0.15, 0.2) is 6.35 Å². The minimum absolute atomic E-state index is 0.0637. The molecule has 1 aromatic carbocycles. The van der Waals surface area contributed by atoms with Crippen molar-refractivity contribution in [3.05, 3.63) is 29.8 Å². The van der Waals surface area contributed by atoms with Gasteiger partial charge in [-0.1, -0.05) is 12.1 Å². The van der Waals surface area contributed by atoms with Gasteiger partial charge >= 0.3 is 7.60 Å². The van der Waals surface area contributed by atoms with E-state index >= 15 is 0 Å². The monoisotopic (exact) mass is 274 g/mol. The molecule has 1 aromatic rings. The van der Waals surface area contributed by atoms with Gasteiger partial charge in [-0.3, -0.25) is 4.57 Å². The molecule has 0 radical (unpaired) electrons. The fraction of sp³-hybridized carbons (Fsp3) is 0.500. The molecule has 0 bridgehead atoms. The second-order valence-electron chi connectivity index (χ2n) is 3.53. The number of hydrogen-bond acceptors (Lipinski definition) is 5.